The van der Waals surface area contributed by atoms with E-state index in [1.165, 1.54) is 46.4 Å². The summed E-state index contributed by atoms with van der Waals surface area (Å²) in [4.78, 5) is 131. The molecule has 1 aromatic rings. The first-order valence-corrected chi connectivity index (χ1v) is 24.2. The van der Waals surface area contributed by atoms with Gasteiger partial charge in [-0.05, 0) is 76.9 Å². The highest BCUT2D eigenvalue weighted by Crippen LogP contribution is 2.11. The van der Waals surface area contributed by atoms with Gasteiger partial charge in [0.05, 0.1) is 18.8 Å². The van der Waals surface area contributed by atoms with Crippen molar-refractivity contribution in [3.05, 3.63) is 35.9 Å². The van der Waals surface area contributed by atoms with E-state index in [1.54, 1.807) is 57.4 Å². The maximum atomic E-state index is 13.9. The van der Waals surface area contributed by atoms with Gasteiger partial charge in [-0.3, -0.25) is 47.9 Å². The molecule has 0 heterocycles. The second-order valence-corrected chi connectivity index (χ2v) is 18.4. The highest BCUT2D eigenvalue weighted by Gasteiger charge is 2.35. The highest BCUT2D eigenvalue weighted by molar-refractivity contribution is 7.98. The van der Waals surface area contributed by atoms with Gasteiger partial charge in [-0.2, -0.15) is 11.8 Å². The number of thioether (sulfide) groups is 1. The molecule has 23 nitrogen and oxygen atoms in total. The van der Waals surface area contributed by atoms with E-state index in [0.717, 1.165) is 0 Å². The van der Waals surface area contributed by atoms with Crippen LogP contribution in [-0.4, -0.2) is 160 Å². The van der Waals surface area contributed by atoms with Crippen molar-refractivity contribution in [2.45, 2.75) is 155 Å². The molecular weight excluding hydrogens is 921 g/mol. The third kappa shape index (κ3) is 21.5. The fourth-order valence-electron chi connectivity index (χ4n) is 6.36. The van der Waals surface area contributed by atoms with Crippen molar-refractivity contribution in [3.63, 3.8) is 0 Å². The van der Waals surface area contributed by atoms with Crippen LogP contribution in [0.25, 0.3) is 0 Å². The van der Waals surface area contributed by atoms with Gasteiger partial charge in [-0.25, -0.2) is 0 Å². The van der Waals surface area contributed by atoms with Crippen molar-refractivity contribution < 1.29 is 63.3 Å². The Morgan fingerprint density at radius 2 is 1.01 bits per heavy atom. The summed E-state index contributed by atoms with van der Waals surface area (Å²) in [6.45, 7) is 12.7. The van der Waals surface area contributed by atoms with Gasteiger partial charge in [0, 0.05) is 6.42 Å². The molecule has 0 aromatic heterocycles. The van der Waals surface area contributed by atoms with Crippen LogP contribution in [0.2, 0.25) is 0 Å². The number of aliphatic carboxylic acids is 1. The van der Waals surface area contributed by atoms with E-state index in [2.05, 4.69) is 47.9 Å². The smallest absolute Gasteiger partial charge is 0.325 e. The molecule has 0 saturated heterocycles. The predicted octanol–water partition coefficient (Wildman–Crippen LogP) is -2.70. The quantitative estimate of drug-likeness (QED) is 0.0373. The van der Waals surface area contributed by atoms with Gasteiger partial charge in [0.25, 0.3) is 0 Å². The summed E-state index contributed by atoms with van der Waals surface area (Å²) in [6, 6.07) is -4.42. The molecule has 0 unspecified atom stereocenters. The second kappa shape index (κ2) is 30.6. The van der Waals surface area contributed by atoms with E-state index in [0.29, 0.717) is 17.7 Å². The Morgan fingerprint density at radius 1 is 0.565 bits per heavy atom. The van der Waals surface area contributed by atoms with E-state index < -0.39 is 132 Å². The van der Waals surface area contributed by atoms with Gasteiger partial charge in [0.1, 0.15) is 54.4 Å². The fraction of sp³-hybridized carbons (Fsp3) is 0.644. The van der Waals surface area contributed by atoms with Gasteiger partial charge < -0.3 is 68.9 Å². The maximum Gasteiger partial charge on any atom is 0.325 e. The first kappa shape index (κ1) is 61.2. The number of aliphatic hydroxyl groups is 2. The highest BCUT2D eigenvalue weighted by atomic mass is 32.2. The number of rotatable bonds is 30. The van der Waals surface area contributed by atoms with Crippen molar-refractivity contribution in [2.75, 3.05) is 18.6 Å². The molecule has 24 heteroatoms. The third-order valence-corrected chi connectivity index (χ3v) is 11.5. The zero-order chi connectivity index (χ0) is 52.7. The number of carboxylic acid groups (broad SMARTS) is 1. The van der Waals surface area contributed by atoms with Crippen LogP contribution in [0, 0.1) is 11.8 Å². The van der Waals surface area contributed by atoms with Gasteiger partial charge in [0.2, 0.25) is 53.2 Å². The SMILES string of the molecule is CC[C@H](C)[C@H](NC(=O)[C@H](C)N)C(=O)N[C@@H](C)C(=O)N[C@@H](CO)C(=O)N[C@@H](CC(C)C)C(=O)N[C@@H](CCSC)C(=O)N[C@@H](C)C(=O)N[C@@H](Cc1ccccc1)C(=O)N[C@H](C(=O)N[C@@H](C)C(=O)O)[C@@H](C)O. The van der Waals surface area contributed by atoms with Crippen LogP contribution in [0.1, 0.15) is 87.1 Å². The number of aliphatic hydroxyl groups excluding tert-OH is 2. The Bertz CT molecular complexity index is 1910. The van der Waals surface area contributed by atoms with Crippen molar-refractivity contribution >= 4 is 70.9 Å². The van der Waals surface area contributed by atoms with Crippen LogP contribution in [-0.2, 0) is 54.4 Å². The van der Waals surface area contributed by atoms with Crippen LogP contribution >= 0.6 is 11.8 Å². The average Bonchev–Trinajstić information content (AvgIpc) is 3.28. The van der Waals surface area contributed by atoms with E-state index in [-0.39, 0.29) is 31.1 Å². The number of hydrogen-bond acceptors (Lipinski definition) is 14. The molecule has 0 aliphatic heterocycles. The Hall–Kier alpha value is -5.85. The lowest BCUT2D eigenvalue weighted by Crippen LogP contribution is -2.61. The molecule has 12 atom stereocenters. The zero-order valence-electron chi connectivity index (χ0n) is 41.0. The van der Waals surface area contributed by atoms with Crippen molar-refractivity contribution in [3.8, 4) is 0 Å². The average molecular weight is 995 g/mol. The van der Waals surface area contributed by atoms with Crippen LogP contribution in [0.5, 0.6) is 0 Å². The third-order valence-electron chi connectivity index (χ3n) is 10.8. The molecule has 0 bridgehead atoms. The molecule has 0 aliphatic carbocycles. The first-order chi connectivity index (χ1) is 32.3. The lowest BCUT2D eigenvalue weighted by Gasteiger charge is -2.28. The van der Waals surface area contributed by atoms with Crippen LogP contribution in [0.3, 0.4) is 0 Å². The van der Waals surface area contributed by atoms with Crippen molar-refractivity contribution in [1.29, 1.82) is 0 Å². The van der Waals surface area contributed by atoms with Gasteiger partial charge in [-0.15, -0.1) is 0 Å². The monoisotopic (exact) mass is 995 g/mol. The molecule has 0 spiro atoms. The van der Waals surface area contributed by atoms with Crippen LogP contribution in [0.15, 0.2) is 30.3 Å². The topological polar surface area (TPSA) is 366 Å². The normalized spacial score (nSPS) is 16.4. The summed E-state index contributed by atoms with van der Waals surface area (Å²) in [7, 11) is 0. The summed E-state index contributed by atoms with van der Waals surface area (Å²) < 4.78 is 0. The molecule has 388 valence electrons. The lowest BCUT2D eigenvalue weighted by atomic mass is 9.97. The number of carboxylic acids is 1. The van der Waals surface area contributed by atoms with E-state index in [1.807, 2.05) is 6.92 Å². The van der Waals surface area contributed by atoms with E-state index >= 15 is 0 Å². The zero-order valence-corrected chi connectivity index (χ0v) is 41.9. The lowest BCUT2D eigenvalue weighted by molar-refractivity contribution is -0.142. The fourth-order valence-corrected chi connectivity index (χ4v) is 6.83. The summed E-state index contributed by atoms with van der Waals surface area (Å²) >= 11 is 1.36. The minimum Gasteiger partial charge on any atom is -0.480 e. The summed E-state index contributed by atoms with van der Waals surface area (Å²) in [5.74, 6) is -8.89. The Kier molecular flexibility index (Phi) is 27.1. The van der Waals surface area contributed by atoms with E-state index in [4.69, 9.17) is 5.73 Å². The number of amides is 9. The largest absolute Gasteiger partial charge is 0.480 e. The summed E-state index contributed by atoms with van der Waals surface area (Å²) in [6.07, 6.45) is 0.822. The molecular formula is C45H74N10O13S. The van der Waals surface area contributed by atoms with Gasteiger partial charge >= 0.3 is 5.97 Å². The second-order valence-electron chi connectivity index (χ2n) is 17.4. The predicted molar refractivity (Wildman–Crippen MR) is 257 cm³/mol. The maximum absolute atomic E-state index is 13.9. The number of carbonyl (C=O) groups is 10. The summed E-state index contributed by atoms with van der Waals surface area (Å²) in [5.41, 5.74) is 6.25. The molecule has 0 saturated carbocycles. The molecule has 1 aromatic carbocycles. The molecule has 69 heavy (non-hydrogen) atoms. The number of carbonyl (C=O) groups excluding carboxylic acids is 9. The molecule has 9 amide bonds. The number of nitrogens with two attached hydrogens (primary N) is 1. The Morgan fingerprint density at radius 3 is 1.51 bits per heavy atom. The summed E-state index contributed by atoms with van der Waals surface area (Å²) in [5, 5.41) is 52.0. The molecule has 0 fully saturated rings. The van der Waals surface area contributed by atoms with Crippen LogP contribution < -0.4 is 53.6 Å². The number of hydrogen-bond donors (Lipinski definition) is 13. The van der Waals surface area contributed by atoms with E-state index in [9.17, 15) is 63.3 Å². The molecule has 14 N–H and O–H groups in total. The van der Waals surface area contributed by atoms with Gasteiger partial charge in [0.15, 0.2) is 0 Å². The Labute approximate surface area is 407 Å². The molecule has 0 radical (unpaired) electrons. The van der Waals surface area contributed by atoms with Gasteiger partial charge in [-0.1, -0.05) is 64.4 Å². The number of benzene rings is 1. The minimum absolute atomic E-state index is 0.0525. The van der Waals surface area contributed by atoms with Crippen LogP contribution in [0.4, 0.5) is 0 Å². The van der Waals surface area contributed by atoms with Crippen molar-refractivity contribution in [2.24, 2.45) is 17.6 Å². The minimum atomic E-state index is -1.61. The first-order valence-electron chi connectivity index (χ1n) is 22.8. The Balaban J connectivity index is 3.22. The standard InChI is InChI=1S/C45H74N10O13S/c1-11-23(4)34(54-36(58)24(5)46)43(65)48-26(7)38(60)53-33(21-56)42(64)52-31(19-22(2)3)40(62)50-30(17-18-69-10)39(61)47-25(6)37(59)51-32(20-29-15-13-12-14-16-29)41(63)55-35(28(9)57)44(66)49-27(8)45(67)68/h12-16,22-28,30-35,56-57H,11,17-21,46H2,1-10H3,(H,47,61)(H,48,65)(H,49,66)(H,50,62)(H,51,59)(H,52,64)(H,53,60)(H,54,58)(H,55,63)(H,67,68)/t23-,24-,25-,26-,27-,28+,30-,31-,32-,33-,34-,35-/m0/s1. The molecule has 0 aliphatic rings. The molecule has 1 rings (SSSR count). The number of nitrogens with one attached hydrogen (secondary N) is 9. The van der Waals surface area contributed by atoms with Crippen molar-refractivity contribution in [1.82, 2.24) is 47.9 Å².